The zero-order valence-corrected chi connectivity index (χ0v) is 16.3. The molecule has 0 amide bonds. The largest absolute Gasteiger partial charge is 0.338 e. The van der Waals surface area contributed by atoms with Gasteiger partial charge in [0.2, 0.25) is 0 Å². The van der Waals surface area contributed by atoms with E-state index in [0.717, 1.165) is 28.4 Å². The first-order chi connectivity index (χ1) is 12.2. The second-order valence-corrected chi connectivity index (χ2v) is 6.72. The molecule has 0 bridgehead atoms. The Balaban J connectivity index is 0.00000196. The van der Waals surface area contributed by atoms with Crippen LogP contribution in [-0.2, 0) is 6.54 Å². The van der Waals surface area contributed by atoms with Gasteiger partial charge in [-0.25, -0.2) is 0 Å². The molecule has 2 aromatic heterocycles. The summed E-state index contributed by atoms with van der Waals surface area (Å²) in [6, 6.07) is 20.5. The summed E-state index contributed by atoms with van der Waals surface area (Å²) in [5.74, 6) is 0. The molecular formula is C22H20Cl2N2. The van der Waals surface area contributed by atoms with Gasteiger partial charge in [-0.3, -0.25) is 4.98 Å². The van der Waals surface area contributed by atoms with Crippen molar-refractivity contribution in [2.45, 2.75) is 20.4 Å². The standard InChI is InChI=1S/C22H19ClN2.ClH/c1-15-16(2)25(14-18-10-6-7-11-20(18)23)22-19(15)12-13-24-21(22)17-8-4-3-5-9-17;/h3-13H,14H2,1-2H3;1H. The zero-order valence-electron chi connectivity index (χ0n) is 14.7. The topological polar surface area (TPSA) is 17.8 Å². The Morgan fingerprint density at radius 2 is 1.62 bits per heavy atom. The predicted octanol–water partition coefficient (Wildman–Crippen LogP) is 6.44. The molecule has 26 heavy (non-hydrogen) atoms. The molecule has 0 aliphatic rings. The highest BCUT2D eigenvalue weighted by molar-refractivity contribution is 6.31. The lowest BCUT2D eigenvalue weighted by Gasteiger charge is -2.12. The average Bonchev–Trinajstić information content (AvgIpc) is 2.89. The van der Waals surface area contributed by atoms with Crippen molar-refractivity contribution in [1.29, 1.82) is 0 Å². The monoisotopic (exact) mass is 382 g/mol. The number of fused-ring (bicyclic) bond motifs is 1. The first-order valence-corrected chi connectivity index (χ1v) is 8.78. The van der Waals surface area contributed by atoms with E-state index in [1.165, 1.54) is 22.2 Å². The van der Waals surface area contributed by atoms with Crippen molar-refractivity contribution in [2.75, 3.05) is 0 Å². The smallest absolute Gasteiger partial charge is 0.0945 e. The molecule has 132 valence electrons. The van der Waals surface area contributed by atoms with Crippen molar-refractivity contribution in [3.63, 3.8) is 0 Å². The Morgan fingerprint density at radius 3 is 2.35 bits per heavy atom. The molecule has 0 saturated carbocycles. The number of rotatable bonds is 3. The third kappa shape index (κ3) is 3.11. The quantitative estimate of drug-likeness (QED) is 0.398. The maximum atomic E-state index is 6.41. The Labute approximate surface area is 164 Å². The van der Waals surface area contributed by atoms with Crippen molar-refractivity contribution < 1.29 is 0 Å². The van der Waals surface area contributed by atoms with E-state index in [9.17, 15) is 0 Å². The van der Waals surface area contributed by atoms with Crippen LogP contribution in [0.5, 0.6) is 0 Å². The second kappa shape index (κ2) is 7.53. The van der Waals surface area contributed by atoms with Crippen LogP contribution in [0.2, 0.25) is 5.02 Å². The van der Waals surface area contributed by atoms with Gasteiger partial charge in [-0.1, -0.05) is 60.1 Å². The summed E-state index contributed by atoms with van der Waals surface area (Å²) in [4.78, 5) is 4.70. The van der Waals surface area contributed by atoms with E-state index in [1.54, 1.807) is 0 Å². The molecule has 0 saturated heterocycles. The molecular weight excluding hydrogens is 363 g/mol. The fraction of sp³-hybridized carbons (Fsp3) is 0.136. The SMILES string of the molecule is Cc1c(C)n(Cc2ccccc2Cl)c2c(-c3ccccc3)nccc12.Cl. The van der Waals surface area contributed by atoms with Gasteiger partial charge in [0.15, 0.2) is 0 Å². The number of aromatic nitrogens is 2. The molecule has 0 atom stereocenters. The third-order valence-corrected chi connectivity index (χ3v) is 5.25. The molecule has 0 fully saturated rings. The van der Waals surface area contributed by atoms with Crippen molar-refractivity contribution in [1.82, 2.24) is 9.55 Å². The highest BCUT2D eigenvalue weighted by Crippen LogP contribution is 2.33. The Bertz CT molecular complexity index is 1050. The summed E-state index contributed by atoms with van der Waals surface area (Å²) in [5.41, 5.74) is 6.98. The molecule has 2 nitrogen and oxygen atoms in total. The van der Waals surface area contributed by atoms with Gasteiger partial charge >= 0.3 is 0 Å². The van der Waals surface area contributed by atoms with Crippen molar-refractivity contribution in [3.8, 4) is 11.3 Å². The van der Waals surface area contributed by atoms with E-state index >= 15 is 0 Å². The van der Waals surface area contributed by atoms with Crippen LogP contribution in [0.4, 0.5) is 0 Å². The summed E-state index contributed by atoms with van der Waals surface area (Å²) in [6.45, 7) is 5.08. The molecule has 0 aliphatic carbocycles. The van der Waals surface area contributed by atoms with Gasteiger partial charge in [0.05, 0.1) is 11.2 Å². The van der Waals surface area contributed by atoms with Gasteiger partial charge in [0, 0.05) is 34.4 Å². The Kier molecular flexibility index (Phi) is 5.36. The number of hydrogen-bond donors (Lipinski definition) is 0. The van der Waals surface area contributed by atoms with Crippen LogP contribution >= 0.6 is 24.0 Å². The lowest BCUT2D eigenvalue weighted by atomic mass is 10.1. The van der Waals surface area contributed by atoms with E-state index in [0.29, 0.717) is 0 Å². The summed E-state index contributed by atoms with van der Waals surface area (Å²) in [6.07, 6.45) is 1.90. The van der Waals surface area contributed by atoms with Crippen LogP contribution in [0.25, 0.3) is 22.2 Å². The number of halogens is 2. The molecule has 0 N–H and O–H groups in total. The van der Waals surface area contributed by atoms with Crippen LogP contribution in [0, 0.1) is 13.8 Å². The minimum atomic E-state index is 0. The zero-order chi connectivity index (χ0) is 17.4. The van der Waals surface area contributed by atoms with Crippen LogP contribution in [0.15, 0.2) is 66.9 Å². The van der Waals surface area contributed by atoms with Gasteiger partial charge in [-0.2, -0.15) is 0 Å². The van der Waals surface area contributed by atoms with E-state index in [2.05, 4.69) is 54.8 Å². The van der Waals surface area contributed by atoms with E-state index in [4.69, 9.17) is 16.6 Å². The summed E-state index contributed by atoms with van der Waals surface area (Å²) >= 11 is 6.41. The van der Waals surface area contributed by atoms with E-state index in [1.807, 2.05) is 30.5 Å². The number of pyridine rings is 1. The molecule has 4 heteroatoms. The predicted molar refractivity (Wildman–Crippen MR) is 112 cm³/mol. The minimum Gasteiger partial charge on any atom is -0.338 e. The number of benzene rings is 2. The van der Waals surface area contributed by atoms with E-state index < -0.39 is 0 Å². The molecule has 4 rings (SSSR count). The van der Waals surface area contributed by atoms with Crippen LogP contribution in [-0.4, -0.2) is 9.55 Å². The number of aryl methyl sites for hydroxylation is 1. The molecule has 0 radical (unpaired) electrons. The second-order valence-electron chi connectivity index (χ2n) is 6.31. The fourth-order valence-corrected chi connectivity index (χ4v) is 3.59. The summed E-state index contributed by atoms with van der Waals surface area (Å²) in [5, 5.41) is 2.05. The van der Waals surface area contributed by atoms with Crippen molar-refractivity contribution in [2.24, 2.45) is 0 Å². The van der Waals surface area contributed by atoms with Crippen LogP contribution < -0.4 is 0 Å². The number of nitrogens with zero attached hydrogens (tertiary/aromatic N) is 2. The first kappa shape index (κ1) is 18.5. The van der Waals surface area contributed by atoms with Crippen molar-refractivity contribution in [3.05, 3.63) is 88.7 Å². The molecule has 2 heterocycles. The van der Waals surface area contributed by atoms with Crippen molar-refractivity contribution >= 4 is 34.9 Å². The number of hydrogen-bond acceptors (Lipinski definition) is 1. The van der Waals surface area contributed by atoms with E-state index in [-0.39, 0.29) is 12.4 Å². The van der Waals surface area contributed by atoms with Gasteiger partial charge in [-0.15, -0.1) is 12.4 Å². The fourth-order valence-electron chi connectivity index (χ4n) is 3.40. The Hall–Kier alpha value is -2.29. The van der Waals surface area contributed by atoms with Gasteiger partial charge in [0.25, 0.3) is 0 Å². The highest BCUT2D eigenvalue weighted by atomic mass is 35.5. The van der Waals surface area contributed by atoms with Gasteiger partial charge in [0.1, 0.15) is 0 Å². The molecule has 4 aromatic rings. The molecule has 0 unspecified atom stereocenters. The maximum absolute atomic E-state index is 6.41. The highest BCUT2D eigenvalue weighted by Gasteiger charge is 2.17. The average molecular weight is 383 g/mol. The first-order valence-electron chi connectivity index (χ1n) is 8.40. The molecule has 2 aromatic carbocycles. The van der Waals surface area contributed by atoms with Gasteiger partial charge < -0.3 is 4.57 Å². The summed E-state index contributed by atoms with van der Waals surface area (Å²) < 4.78 is 2.33. The maximum Gasteiger partial charge on any atom is 0.0945 e. The lowest BCUT2D eigenvalue weighted by Crippen LogP contribution is -2.04. The lowest BCUT2D eigenvalue weighted by molar-refractivity contribution is 0.800. The molecule has 0 spiro atoms. The summed E-state index contributed by atoms with van der Waals surface area (Å²) in [7, 11) is 0. The Morgan fingerprint density at radius 1 is 0.923 bits per heavy atom. The third-order valence-electron chi connectivity index (χ3n) is 4.88. The minimum absolute atomic E-state index is 0. The molecule has 0 aliphatic heterocycles. The van der Waals surface area contributed by atoms with Crippen LogP contribution in [0.1, 0.15) is 16.8 Å². The van der Waals surface area contributed by atoms with Gasteiger partial charge in [-0.05, 0) is 37.1 Å². The normalized spacial score (nSPS) is 10.7. The van der Waals surface area contributed by atoms with Crippen LogP contribution in [0.3, 0.4) is 0 Å².